The fraction of sp³-hybridized carbons (Fsp3) is 0.571. The molecular formula is C14H24N4. The summed E-state index contributed by atoms with van der Waals surface area (Å²) >= 11 is 0. The van der Waals surface area contributed by atoms with Gasteiger partial charge >= 0.3 is 0 Å². The van der Waals surface area contributed by atoms with Crippen molar-refractivity contribution in [2.75, 3.05) is 13.6 Å². The van der Waals surface area contributed by atoms with Crippen molar-refractivity contribution in [1.82, 2.24) is 15.6 Å². The van der Waals surface area contributed by atoms with Gasteiger partial charge in [0.25, 0.3) is 0 Å². The first-order valence-electron chi connectivity index (χ1n) is 6.54. The van der Waals surface area contributed by atoms with Crippen LogP contribution in [0.25, 0.3) is 0 Å². The van der Waals surface area contributed by atoms with Crippen LogP contribution in [0.15, 0.2) is 23.5 Å². The number of nitrogens with zero attached hydrogens (tertiary/aromatic N) is 2. The van der Waals surface area contributed by atoms with Crippen molar-refractivity contribution in [3.8, 4) is 0 Å². The molecule has 0 bridgehead atoms. The molecular weight excluding hydrogens is 224 g/mol. The van der Waals surface area contributed by atoms with Crippen molar-refractivity contribution in [2.24, 2.45) is 4.99 Å². The van der Waals surface area contributed by atoms with E-state index in [4.69, 9.17) is 0 Å². The second kappa shape index (κ2) is 7.69. The van der Waals surface area contributed by atoms with Gasteiger partial charge in [0.15, 0.2) is 5.96 Å². The number of hydrogen-bond acceptors (Lipinski definition) is 2. The van der Waals surface area contributed by atoms with Gasteiger partial charge in [-0.15, -0.1) is 0 Å². The Morgan fingerprint density at radius 2 is 2.28 bits per heavy atom. The van der Waals surface area contributed by atoms with E-state index in [0.29, 0.717) is 6.04 Å². The zero-order valence-corrected chi connectivity index (χ0v) is 11.8. The molecule has 18 heavy (non-hydrogen) atoms. The minimum Gasteiger partial charge on any atom is -0.356 e. The molecule has 4 nitrogen and oxygen atoms in total. The molecule has 0 saturated heterocycles. The standard InChI is InChI=1S/C14H24N4/c1-5-12(3)18-14(15-4)17-9-7-13-6-8-16-10-11(13)2/h6,8,10,12H,5,7,9H2,1-4H3,(H2,15,17,18). The van der Waals surface area contributed by atoms with Crippen LogP contribution in [-0.4, -0.2) is 30.6 Å². The molecule has 0 spiro atoms. The fourth-order valence-electron chi connectivity index (χ4n) is 1.63. The average Bonchev–Trinajstić information content (AvgIpc) is 2.39. The van der Waals surface area contributed by atoms with Gasteiger partial charge in [-0.05, 0) is 43.9 Å². The van der Waals surface area contributed by atoms with Crippen LogP contribution in [0.5, 0.6) is 0 Å². The second-order valence-corrected chi connectivity index (χ2v) is 4.50. The van der Waals surface area contributed by atoms with Gasteiger partial charge in [0, 0.05) is 32.0 Å². The molecule has 4 heteroatoms. The van der Waals surface area contributed by atoms with Crippen LogP contribution in [0.1, 0.15) is 31.4 Å². The summed E-state index contributed by atoms with van der Waals surface area (Å²) in [5.41, 5.74) is 2.57. The third-order valence-corrected chi connectivity index (χ3v) is 3.04. The predicted octanol–water partition coefficient (Wildman–Crippen LogP) is 1.90. The van der Waals surface area contributed by atoms with Gasteiger partial charge < -0.3 is 10.6 Å². The lowest BCUT2D eigenvalue weighted by molar-refractivity contribution is 0.624. The Bertz CT molecular complexity index is 387. The maximum Gasteiger partial charge on any atom is 0.191 e. The van der Waals surface area contributed by atoms with Crippen LogP contribution < -0.4 is 10.6 Å². The summed E-state index contributed by atoms with van der Waals surface area (Å²) in [6.45, 7) is 7.28. The lowest BCUT2D eigenvalue weighted by Gasteiger charge is -2.16. The third kappa shape index (κ3) is 4.73. The SMILES string of the molecule is CCC(C)NC(=NC)NCCc1ccncc1C. The summed E-state index contributed by atoms with van der Waals surface area (Å²) in [6, 6.07) is 2.51. The largest absolute Gasteiger partial charge is 0.356 e. The van der Waals surface area contributed by atoms with Gasteiger partial charge in [-0.3, -0.25) is 9.98 Å². The van der Waals surface area contributed by atoms with Gasteiger partial charge in [-0.2, -0.15) is 0 Å². The van der Waals surface area contributed by atoms with E-state index >= 15 is 0 Å². The van der Waals surface area contributed by atoms with E-state index < -0.39 is 0 Å². The number of guanidine groups is 1. The molecule has 1 aromatic heterocycles. The Kier molecular flexibility index (Phi) is 6.19. The van der Waals surface area contributed by atoms with E-state index in [1.807, 2.05) is 12.4 Å². The minimum atomic E-state index is 0.443. The summed E-state index contributed by atoms with van der Waals surface area (Å²) in [6.07, 6.45) is 5.82. The Hall–Kier alpha value is -1.58. The highest BCUT2D eigenvalue weighted by Gasteiger charge is 2.03. The Morgan fingerprint density at radius 3 is 2.89 bits per heavy atom. The summed E-state index contributed by atoms with van der Waals surface area (Å²) in [5.74, 6) is 0.871. The second-order valence-electron chi connectivity index (χ2n) is 4.50. The lowest BCUT2D eigenvalue weighted by atomic mass is 10.1. The molecule has 1 unspecified atom stereocenters. The van der Waals surface area contributed by atoms with Crippen molar-refractivity contribution < 1.29 is 0 Å². The maximum absolute atomic E-state index is 4.21. The Balaban J connectivity index is 2.39. The highest BCUT2D eigenvalue weighted by atomic mass is 15.2. The van der Waals surface area contributed by atoms with Gasteiger partial charge in [-0.25, -0.2) is 0 Å². The van der Waals surface area contributed by atoms with E-state index in [-0.39, 0.29) is 0 Å². The van der Waals surface area contributed by atoms with E-state index in [1.165, 1.54) is 11.1 Å². The number of pyridine rings is 1. The first-order chi connectivity index (χ1) is 8.67. The van der Waals surface area contributed by atoms with Gasteiger partial charge in [0.1, 0.15) is 0 Å². The molecule has 1 rings (SSSR count). The van der Waals surface area contributed by atoms with Crippen molar-refractivity contribution in [3.63, 3.8) is 0 Å². The van der Waals surface area contributed by atoms with Gasteiger partial charge in [0.05, 0.1) is 0 Å². The van der Waals surface area contributed by atoms with E-state index in [1.54, 1.807) is 7.05 Å². The molecule has 0 radical (unpaired) electrons. The highest BCUT2D eigenvalue weighted by Crippen LogP contribution is 2.04. The molecule has 0 saturated carbocycles. The predicted molar refractivity (Wildman–Crippen MR) is 76.9 cm³/mol. The lowest BCUT2D eigenvalue weighted by Crippen LogP contribution is -2.42. The summed E-state index contributed by atoms with van der Waals surface area (Å²) < 4.78 is 0. The molecule has 0 amide bonds. The van der Waals surface area contributed by atoms with Crippen LogP contribution in [0, 0.1) is 6.92 Å². The quantitative estimate of drug-likeness (QED) is 0.618. The zero-order chi connectivity index (χ0) is 13.4. The monoisotopic (exact) mass is 248 g/mol. The van der Waals surface area contributed by atoms with Crippen LogP contribution in [-0.2, 0) is 6.42 Å². The minimum absolute atomic E-state index is 0.443. The molecule has 2 N–H and O–H groups in total. The fourth-order valence-corrected chi connectivity index (χ4v) is 1.63. The van der Waals surface area contributed by atoms with E-state index in [9.17, 15) is 0 Å². The first-order valence-corrected chi connectivity index (χ1v) is 6.54. The average molecular weight is 248 g/mol. The number of nitrogens with one attached hydrogen (secondary N) is 2. The molecule has 1 atom stereocenters. The molecule has 0 aliphatic heterocycles. The maximum atomic E-state index is 4.21. The van der Waals surface area contributed by atoms with Crippen molar-refractivity contribution in [2.45, 2.75) is 39.7 Å². The van der Waals surface area contributed by atoms with Crippen LogP contribution in [0.4, 0.5) is 0 Å². The molecule has 100 valence electrons. The third-order valence-electron chi connectivity index (χ3n) is 3.04. The van der Waals surface area contributed by atoms with E-state index in [0.717, 1.165) is 25.3 Å². The smallest absolute Gasteiger partial charge is 0.191 e. The Morgan fingerprint density at radius 1 is 1.50 bits per heavy atom. The Labute approximate surface area is 110 Å². The topological polar surface area (TPSA) is 49.3 Å². The number of aliphatic imine (C=N–C) groups is 1. The molecule has 1 aromatic rings. The molecule has 0 aliphatic rings. The number of aromatic nitrogens is 1. The van der Waals surface area contributed by atoms with Crippen LogP contribution >= 0.6 is 0 Å². The van der Waals surface area contributed by atoms with Crippen LogP contribution in [0.2, 0.25) is 0 Å². The van der Waals surface area contributed by atoms with Gasteiger partial charge in [0.2, 0.25) is 0 Å². The highest BCUT2D eigenvalue weighted by molar-refractivity contribution is 5.79. The van der Waals surface area contributed by atoms with Crippen LogP contribution in [0.3, 0.4) is 0 Å². The van der Waals surface area contributed by atoms with Gasteiger partial charge in [-0.1, -0.05) is 6.92 Å². The number of aryl methyl sites for hydroxylation is 1. The number of hydrogen-bond donors (Lipinski definition) is 2. The molecule has 0 fully saturated rings. The summed E-state index contributed by atoms with van der Waals surface area (Å²) in [7, 11) is 1.80. The van der Waals surface area contributed by atoms with Crippen molar-refractivity contribution in [1.29, 1.82) is 0 Å². The summed E-state index contributed by atoms with van der Waals surface area (Å²) in [4.78, 5) is 8.31. The van der Waals surface area contributed by atoms with E-state index in [2.05, 4.69) is 47.4 Å². The van der Waals surface area contributed by atoms with Crippen molar-refractivity contribution in [3.05, 3.63) is 29.6 Å². The number of rotatable bonds is 5. The molecule has 0 aliphatic carbocycles. The summed E-state index contributed by atoms with van der Waals surface area (Å²) in [5, 5.41) is 6.67. The molecule has 0 aromatic carbocycles. The molecule has 1 heterocycles. The first kappa shape index (κ1) is 14.5. The van der Waals surface area contributed by atoms with Crippen molar-refractivity contribution >= 4 is 5.96 Å². The normalized spacial score (nSPS) is 13.2. The zero-order valence-electron chi connectivity index (χ0n) is 11.8.